The third-order valence-electron chi connectivity index (χ3n) is 12.8. The number of hydrogen-bond donors (Lipinski definition) is 0. The molecule has 4 aliphatic rings. The lowest BCUT2D eigenvalue weighted by atomic mass is 9.39. The second kappa shape index (κ2) is 8.80. The summed E-state index contributed by atoms with van der Waals surface area (Å²) < 4.78 is 0. The maximum Gasteiger partial charge on any atom is 0.227 e. The van der Waals surface area contributed by atoms with Crippen LogP contribution in [0.1, 0.15) is 111 Å². The van der Waals surface area contributed by atoms with E-state index >= 15 is 0 Å². The highest BCUT2D eigenvalue weighted by Crippen LogP contribution is 2.73. The maximum atomic E-state index is 13.1. The normalized spacial score (nSPS) is 40.8. The quantitative estimate of drug-likeness (QED) is 0.402. The predicted molar refractivity (Wildman–Crippen MR) is 157 cm³/mol. The number of aromatic nitrogens is 1. The van der Waals surface area contributed by atoms with Gasteiger partial charge in [-0.2, -0.15) is 0 Å². The molecule has 38 heavy (non-hydrogen) atoms. The van der Waals surface area contributed by atoms with Crippen LogP contribution in [-0.4, -0.2) is 28.9 Å². The summed E-state index contributed by atoms with van der Waals surface area (Å²) in [4.78, 5) is 19.6. The van der Waals surface area contributed by atoms with Gasteiger partial charge in [0, 0.05) is 36.3 Å². The van der Waals surface area contributed by atoms with Gasteiger partial charge < -0.3 is 4.90 Å². The Bertz CT molecular complexity index is 1230. The number of benzene rings is 1. The van der Waals surface area contributed by atoms with Crippen LogP contribution in [0.5, 0.6) is 0 Å². The Balaban J connectivity index is 1.24. The Kier molecular flexibility index (Phi) is 6.10. The fraction of sp³-hybridized carbons (Fsp3) is 0.714. The van der Waals surface area contributed by atoms with Gasteiger partial charge in [0.25, 0.3) is 0 Å². The van der Waals surface area contributed by atoms with Crippen LogP contribution in [0.15, 0.2) is 36.7 Å². The second-order valence-electron chi connectivity index (χ2n) is 15.6. The highest BCUT2D eigenvalue weighted by molar-refractivity contribution is 5.82. The van der Waals surface area contributed by atoms with E-state index in [4.69, 9.17) is 0 Å². The molecule has 0 spiro atoms. The zero-order chi connectivity index (χ0) is 27.1. The van der Waals surface area contributed by atoms with Crippen molar-refractivity contribution in [1.29, 1.82) is 0 Å². The Morgan fingerprint density at radius 3 is 2.34 bits per heavy atom. The van der Waals surface area contributed by atoms with E-state index in [-0.39, 0.29) is 5.41 Å². The van der Waals surface area contributed by atoms with Gasteiger partial charge in [-0.25, -0.2) is 0 Å². The number of rotatable bonds is 2. The first-order valence-corrected chi connectivity index (χ1v) is 15.5. The molecular formula is C35H50N2O. The van der Waals surface area contributed by atoms with Gasteiger partial charge >= 0.3 is 0 Å². The van der Waals surface area contributed by atoms with Crippen molar-refractivity contribution in [3.05, 3.63) is 42.2 Å². The number of carbonyl (C=O) groups is 1. The average Bonchev–Trinajstić information content (AvgIpc) is 3.24. The summed E-state index contributed by atoms with van der Waals surface area (Å²) in [5.74, 6) is 3.35. The standard InChI is InChI=1S/C35H50N2O/c1-32(2,3)31(38)37(7)27-13-17-33(4)26(21-27)12-16-35(6)29-11-10-28(34(29,5)18-14-30(33)35)24-9-8-23-15-19-36-22-25(23)20-24/h8-9,15,19-20,22,26-30H,10-14,16-18,21H2,1-7H3/t26-,27-,28+,29+,30+,33-,34+,35-/m0/s1. The molecular weight excluding hydrogens is 464 g/mol. The summed E-state index contributed by atoms with van der Waals surface area (Å²) in [6.07, 6.45) is 15.8. The van der Waals surface area contributed by atoms with Crippen molar-refractivity contribution in [2.45, 2.75) is 111 Å². The minimum Gasteiger partial charge on any atom is -0.342 e. The fourth-order valence-corrected chi connectivity index (χ4v) is 10.8. The molecule has 6 rings (SSSR count). The molecule has 0 aliphatic heterocycles. The molecule has 1 heterocycles. The Morgan fingerprint density at radius 2 is 1.58 bits per heavy atom. The van der Waals surface area contributed by atoms with Gasteiger partial charge in [0.2, 0.25) is 5.91 Å². The largest absolute Gasteiger partial charge is 0.342 e. The van der Waals surface area contributed by atoms with Crippen LogP contribution >= 0.6 is 0 Å². The lowest BCUT2D eigenvalue weighted by Gasteiger charge is -2.66. The van der Waals surface area contributed by atoms with Crippen LogP contribution in [0, 0.1) is 39.4 Å². The summed E-state index contributed by atoms with van der Waals surface area (Å²) in [6, 6.07) is 9.74. The molecule has 0 radical (unpaired) electrons. The van der Waals surface area contributed by atoms with Gasteiger partial charge in [0.05, 0.1) is 0 Å². The molecule has 206 valence electrons. The first-order chi connectivity index (χ1) is 17.9. The van der Waals surface area contributed by atoms with Crippen LogP contribution in [-0.2, 0) is 4.79 Å². The van der Waals surface area contributed by atoms with Crippen molar-refractivity contribution in [3.8, 4) is 0 Å². The van der Waals surface area contributed by atoms with Crippen molar-refractivity contribution < 1.29 is 4.79 Å². The molecule has 4 saturated carbocycles. The molecule has 1 aromatic heterocycles. The lowest BCUT2D eigenvalue weighted by molar-refractivity contribution is -0.170. The summed E-state index contributed by atoms with van der Waals surface area (Å²) in [5.41, 5.74) is 2.49. The number of amides is 1. The summed E-state index contributed by atoms with van der Waals surface area (Å²) in [7, 11) is 2.07. The first kappa shape index (κ1) is 26.3. The Hall–Kier alpha value is -1.90. The molecule has 3 nitrogen and oxygen atoms in total. The number of hydrogen-bond acceptors (Lipinski definition) is 2. The Morgan fingerprint density at radius 1 is 0.868 bits per heavy atom. The van der Waals surface area contributed by atoms with E-state index in [1.54, 1.807) is 5.56 Å². The van der Waals surface area contributed by atoms with Crippen LogP contribution in [0.2, 0.25) is 0 Å². The van der Waals surface area contributed by atoms with Gasteiger partial charge in [-0.3, -0.25) is 9.78 Å². The minimum absolute atomic E-state index is 0.297. The molecule has 0 bridgehead atoms. The molecule has 0 N–H and O–H groups in total. The van der Waals surface area contributed by atoms with E-state index in [0.717, 1.165) is 17.8 Å². The van der Waals surface area contributed by atoms with Crippen molar-refractivity contribution in [3.63, 3.8) is 0 Å². The average molecular weight is 515 g/mol. The highest BCUT2D eigenvalue weighted by Gasteiger charge is 2.65. The smallest absolute Gasteiger partial charge is 0.227 e. The molecule has 0 saturated heterocycles. The van der Waals surface area contributed by atoms with Crippen LogP contribution < -0.4 is 0 Å². The van der Waals surface area contributed by atoms with E-state index in [1.807, 2.05) is 12.4 Å². The molecule has 2 aromatic rings. The van der Waals surface area contributed by atoms with Crippen molar-refractivity contribution in [1.82, 2.24) is 9.88 Å². The maximum absolute atomic E-state index is 13.1. The van der Waals surface area contributed by atoms with Crippen LogP contribution in [0.4, 0.5) is 0 Å². The van der Waals surface area contributed by atoms with E-state index in [0.29, 0.717) is 34.1 Å². The third-order valence-corrected chi connectivity index (χ3v) is 12.8. The summed E-state index contributed by atoms with van der Waals surface area (Å²) in [5, 5.41) is 2.59. The van der Waals surface area contributed by atoms with Crippen LogP contribution in [0.25, 0.3) is 10.8 Å². The Labute approximate surface area is 231 Å². The molecule has 4 aliphatic carbocycles. The molecule has 1 amide bonds. The van der Waals surface area contributed by atoms with E-state index < -0.39 is 0 Å². The van der Waals surface area contributed by atoms with Crippen LogP contribution in [0.3, 0.4) is 0 Å². The lowest BCUT2D eigenvalue weighted by Crippen LogP contribution is -2.60. The van der Waals surface area contributed by atoms with Crippen molar-refractivity contribution in [2.75, 3.05) is 7.05 Å². The van der Waals surface area contributed by atoms with E-state index in [9.17, 15) is 4.79 Å². The summed E-state index contributed by atoms with van der Waals surface area (Å²) >= 11 is 0. The molecule has 0 unspecified atom stereocenters. The van der Waals surface area contributed by atoms with Gasteiger partial charge in [0.15, 0.2) is 0 Å². The minimum atomic E-state index is -0.297. The van der Waals surface area contributed by atoms with Gasteiger partial charge in [-0.1, -0.05) is 53.7 Å². The second-order valence-corrected chi connectivity index (χ2v) is 15.6. The topological polar surface area (TPSA) is 33.2 Å². The van der Waals surface area contributed by atoms with Gasteiger partial charge in [0.1, 0.15) is 0 Å². The van der Waals surface area contributed by atoms with Crippen molar-refractivity contribution in [2.24, 2.45) is 39.4 Å². The van der Waals surface area contributed by atoms with E-state index in [1.165, 1.54) is 68.6 Å². The molecule has 4 fully saturated rings. The number of fused-ring (bicyclic) bond motifs is 6. The highest BCUT2D eigenvalue weighted by atomic mass is 16.2. The molecule has 1 aromatic carbocycles. The zero-order valence-electron chi connectivity index (χ0n) is 25.0. The SMILES string of the molecule is CN(C(=O)C(C)(C)C)[C@H]1CC[C@@]2(C)[C@@H](CC[C@]3(C)[C@@H]2CC[C@@]2(C)[C@H]3CC[C@@H]2c2ccc3ccncc3c2)C1. The number of nitrogens with zero attached hydrogens (tertiary/aromatic N) is 2. The predicted octanol–water partition coefficient (Wildman–Crippen LogP) is 8.62. The molecule has 8 atom stereocenters. The first-order valence-electron chi connectivity index (χ1n) is 15.5. The van der Waals surface area contributed by atoms with Crippen molar-refractivity contribution >= 4 is 16.7 Å². The summed E-state index contributed by atoms with van der Waals surface area (Å²) in [6.45, 7) is 14.2. The number of pyridine rings is 1. The number of carbonyl (C=O) groups excluding carboxylic acids is 1. The monoisotopic (exact) mass is 514 g/mol. The fourth-order valence-electron chi connectivity index (χ4n) is 10.8. The van der Waals surface area contributed by atoms with Gasteiger partial charge in [-0.05, 0) is 121 Å². The molecule has 3 heteroatoms. The van der Waals surface area contributed by atoms with Gasteiger partial charge in [-0.15, -0.1) is 0 Å². The van der Waals surface area contributed by atoms with E-state index in [2.05, 4.69) is 82.7 Å². The zero-order valence-corrected chi connectivity index (χ0v) is 25.0. The third kappa shape index (κ3) is 3.80.